The number of amides is 1. The van der Waals surface area contributed by atoms with Crippen LogP contribution in [0.3, 0.4) is 0 Å². The Bertz CT molecular complexity index is 665. The summed E-state index contributed by atoms with van der Waals surface area (Å²) in [4.78, 5) is 20.3. The zero-order valence-electron chi connectivity index (χ0n) is 12.7. The lowest BCUT2D eigenvalue weighted by Gasteiger charge is -2.31. The summed E-state index contributed by atoms with van der Waals surface area (Å²) >= 11 is 0. The number of benzene rings is 1. The van der Waals surface area contributed by atoms with Gasteiger partial charge in [-0.3, -0.25) is 9.78 Å². The Balaban J connectivity index is 1.49. The van der Waals surface area contributed by atoms with Gasteiger partial charge in [-0.05, 0) is 19.1 Å². The zero-order valence-corrected chi connectivity index (χ0v) is 12.7. The Hall–Kier alpha value is -2.83. The average molecular weight is 314 g/mol. The van der Waals surface area contributed by atoms with Crippen LogP contribution in [-0.2, 0) is 4.79 Å². The van der Waals surface area contributed by atoms with Crippen molar-refractivity contribution in [3.63, 3.8) is 0 Å². The van der Waals surface area contributed by atoms with E-state index in [0.29, 0.717) is 30.4 Å². The fraction of sp³-hybridized carbons (Fsp3) is 0.312. The molecule has 120 valence electrons. The lowest BCUT2D eigenvalue weighted by Crippen LogP contribution is -2.49. The van der Waals surface area contributed by atoms with Crippen LogP contribution in [0.25, 0.3) is 0 Å². The third kappa shape index (κ3) is 3.68. The summed E-state index contributed by atoms with van der Waals surface area (Å²) < 4.78 is 11.5. The molecule has 0 aliphatic carbocycles. The molecule has 2 N–H and O–H groups in total. The minimum Gasteiger partial charge on any atom is -0.482 e. The Labute approximate surface area is 134 Å². The van der Waals surface area contributed by atoms with Crippen molar-refractivity contribution in [2.45, 2.75) is 19.1 Å². The number of nitrogens with one attached hydrogen (secondary N) is 2. The molecule has 0 radical (unpaired) electrons. The van der Waals surface area contributed by atoms with E-state index < -0.39 is 6.10 Å². The maximum Gasteiger partial charge on any atom is 0.265 e. The summed E-state index contributed by atoms with van der Waals surface area (Å²) in [5.74, 6) is 1.71. The minimum atomic E-state index is -0.665. The van der Waals surface area contributed by atoms with Crippen molar-refractivity contribution in [2.24, 2.45) is 0 Å². The molecule has 0 bridgehead atoms. The van der Waals surface area contributed by atoms with Gasteiger partial charge in [-0.1, -0.05) is 12.1 Å². The van der Waals surface area contributed by atoms with E-state index >= 15 is 0 Å². The molecular formula is C16H18N4O3. The number of hydrogen-bond acceptors (Lipinski definition) is 6. The quantitative estimate of drug-likeness (QED) is 0.808. The van der Waals surface area contributed by atoms with E-state index in [1.54, 1.807) is 24.7 Å². The molecule has 0 saturated carbocycles. The van der Waals surface area contributed by atoms with Crippen molar-refractivity contribution < 1.29 is 14.3 Å². The highest BCUT2D eigenvalue weighted by Crippen LogP contribution is 2.33. The van der Waals surface area contributed by atoms with E-state index in [9.17, 15) is 4.79 Å². The van der Waals surface area contributed by atoms with Gasteiger partial charge in [-0.2, -0.15) is 0 Å². The van der Waals surface area contributed by atoms with Gasteiger partial charge in [-0.15, -0.1) is 0 Å². The molecular weight excluding hydrogens is 296 g/mol. The van der Waals surface area contributed by atoms with E-state index in [4.69, 9.17) is 9.47 Å². The maximum atomic E-state index is 12.3. The zero-order chi connectivity index (χ0) is 16.1. The van der Waals surface area contributed by atoms with Gasteiger partial charge in [0.2, 0.25) is 6.10 Å². The molecule has 1 aromatic carbocycles. The van der Waals surface area contributed by atoms with Crippen LogP contribution in [0.4, 0.5) is 5.82 Å². The van der Waals surface area contributed by atoms with E-state index in [1.165, 1.54) is 0 Å². The van der Waals surface area contributed by atoms with Crippen LogP contribution < -0.4 is 20.1 Å². The summed E-state index contributed by atoms with van der Waals surface area (Å²) in [7, 11) is 0. The first-order chi connectivity index (χ1) is 11.2. The van der Waals surface area contributed by atoms with Gasteiger partial charge in [0.15, 0.2) is 11.5 Å². The molecule has 0 spiro atoms. The third-order valence-electron chi connectivity index (χ3n) is 3.39. The highest BCUT2D eigenvalue weighted by atomic mass is 16.6. The lowest BCUT2D eigenvalue weighted by atomic mass is 10.1. The molecule has 1 aromatic heterocycles. The van der Waals surface area contributed by atoms with Gasteiger partial charge in [0.1, 0.15) is 11.9 Å². The normalized spacial score (nSPS) is 19.0. The van der Waals surface area contributed by atoms with Gasteiger partial charge in [-0.25, -0.2) is 4.98 Å². The summed E-state index contributed by atoms with van der Waals surface area (Å²) in [6.45, 7) is 2.81. The molecule has 0 saturated heterocycles. The van der Waals surface area contributed by atoms with E-state index in [0.717, 1.165) is 0 Å². The van der Waals surface area contributed by atoms with E-state index in [-0.39, 0.29) is 12.0 Å². The van der Waals surface area contributed by atoms with Crippen LogP contribution in [0.5, 0.6) is 11.5 Å². The van der Waals surface area contributed by atoms with Crippen molar-refractivity contribution in [3.8, 4) is 11.5 Å². The van der Waals surface area contributed by atoms with Crippen molar-refractivity contribution in [1.29, 1.82) is 0 Å². The number of aromatic nitrogens is 2. The number of para-hydroxylation sites is 2. The minimum absolute atomic E-state index is 0.201. The van der Waals surface area contributed by atoms with Crippen LogP contribution in [0, 0.1) is 0 Å². The van der Waals surface area contributed by atoms with Gasteiger partial charge in [0.05, 0.1) is 6.20 Å². The highest BCUT2D eigenvalue weighted by Gasteiger charge is 2.33. The molecule has 23 heavy (non-hydrogen) atoms. The Morgan fingerprint density at radius 3 is 2.70 bits per heavy atom. The molecule has 2 aromatic rings. The number of hydrogen-bond donors (Lipinski definition) is 2. The summed E-state index contributed by atoms with van der Waals surface area (Å²) in [5.41, 5.74) is 0. The van der Waals surface area contributed by atoms with Crippen LogP contribution >= 0.6 is 0 Å². The molecule has 0 unspecified atom stereocenters. The van der Waals surface area contributed by atoms with Gasteiger partial charge < -0.3 is 20.1 Å². The standard InChI is InChI=1S/C16H18N4O3/c1-11-15(23-13-5-3-2-4-12(13)22-11)16(21)20-9-8-19-14-10-17-6-7-18-14/h2-7,10-11,15H,8-9H2,1H3,(H,18,19)(H,20,21)/t11-,15-/m1/s1. The molecule has 2 atom stereocenters. The number of nitrogens with zero attached hydrogens (tertiary/aromatic N) is 2. The first-order valence-corrected chi connectivity index (χ1v) is 7.44. The van der Waals surface area contributed by atoms with Crippen molar-refractivity contribution in [3.05, 3.63) is 42.9 Å². The van der Waals surface area contributed by atoms with E-state index in [2.05, 4.69) is 20.6 Å². The molecule has 7 nitrogen and oxygen atoms in total. The molecule has 7 heteroatoms. The summed E-state index contributed by atoms with van der Waals surface area (Å²) in [5, 5.41) is 5.90. The molecule has 1 aliphatic heterocycles. The van der Waals surface area contributed by atoms with Crippen molar-refractivity contribution in [2.75, 3.05) is 18.4 Å². The topological polar surface area (TPSA) is 85.4 Å². The van der Waals surface area contributed by atoms with E-state index in [1.807, 2.05) is 25.1 Å². The SMILES string of the molecule is C[C@H]1Oc2ccccc2O[C@H]1C(=O)NCCNc1cnccn1. The fourth-order valence-corrected chi connectivity index (χ4v) is 2.27. The molecule has 1 aliphatic rings. The van der Waals surface area contributed by atoms with Crippen LogP contribution in [0.2, 0.25) is 0 Å². The van der Waals surface area contributed by atoms with Crippen LogP contribution in [-0.4, -0.2) is 41.2 Å². The second-order valence-electron chi connectivity index (χ2n) is 5.12. The monoisotopic (exact) mass is 314 g/mol. The smallest absolute Gasteiger partial charge is 0.265 e. The van der Waals surface area contributed by atoms with Crippen LogP contribution in [0.1, 0.15) is 6.92 Å². The van der Waals surface area contributed by atoms with Crippen molar-refractivity contribution >= 4 is 11.7 Å². The second-order valence-corrected chi connectivity index (χ2v) is 5.12. The van der Waals surface area contributed by atoms with Gasteiger partial charge in [0, 0.05) is 25.5 Å². The molecule has 1 amide bonds. The largest absolute Gasteiger partial charge is 0.482 e. The Morgan fingerprint density at radius 2 is 1.96 bits per heavy atom. The number of ether oxygens (including phenoxy) is 2. The summed E-state index contributed by atoms with van der Waals surface area (Å²) in [6, 6.07) is 7.33. The Kier molecular flexibility index (Phi) is 4.56. The Morgan fingerprint density at radius 1 is 1.17 bits per heavy atom. The fourth-order valence-electron chi connectivity index (χ4n) is 2.27. The van der Waals surface area contributed by atoms with Gasteiger partial charge in [0.25, 0.3) is 5.91 Å². The molecule has 2 heterocycles. The first kappa shape index (κ1) is 15.1. The maximum absolute atomic E-state index is 12.3. The second kappa shape index (κ2) is 6.95. The number of rotatable bonds is 5. The molecule has 0 fully saturated rings. The summed E-state index contributed by atoms with van der Waals surface area (Å²) in [6.07, 6.45) is 3.82. The highest BCUT2D eigenvalue weighted by molar-refractivity contribution is 5.82. The van der Waals surface area contributed by atoms with Gasteiger partial charge >= 0.3 is 0 Å². The molecule has 3 rings (SSSR count). The van der Waals surface area contributed by atoms with Crippen molar-refractivity contribution in [1.82, 2.24) is 15.3 Å². The van der Waals surface area contributed by atoms with Crippen LogP contribution in [0.15, 0.2) is 42.9 Å². The lowest BCUT2D eigenvalue weighted by molar-refractivity contribution is -0.133. The number of fused-ring (bicyclic) bond motifs is 1. The number of carbonyl (C=O) groups excluding carboxylic acids is 1. The average Bonchev–Trinajstić information content (AvgIpc) is 2.59. The predicted molar refractivity (Wildman–Crippen MR) is 84.5 cm³/mol. The number of carbonyl (C=O) groups is 1. The third-order valence-corrected chi connectivity index (χ3v) is 3.39. The first-order valence-electron chi connectivity index (χ1n) is 7.44. The predicted octanol–water partition coefficient (Wildman–Crippen LogP) is 1.23. The number of anilines is 1.